The van der Waals surface area contributed by atoms with Crippen molar-refractivity contribution in [2.24, 2.45) is 5.73 Å². The number of hydrogen-bond donors (Lipinski definition) is 2. The van der Waals surface area contributed by atoms with Gasteiger partial charge in [-0.15, -0.1) is 0 Å². The number of imidazole rings is 1. The van der Waals surface area contributed by atoms with Crippen LogP contribution in [0.4, 0.5) is 0 Å². The number of aromatic amines is 1. The lowest BCUT2D eigenvalue weighted by atomic mass is 9.91. The summed E-state index contributed by atoms with van der Waals surface area (Å²) in [5, 5.41) is 0. The number of aromatic nitrogens is 2. The van der Waals surface area contributed by atoms with Crippen LogP contribution >= 0.6 is 0 Å². The molecular weight excluding hydrogens is 236 g/mol. The van der Waals surface area contributed by atoms with Crippen LogP contribution in [0.15, 0.2) is 18.2 Å². The van der Waals surface area contributed by atoms with Crippen molar-refractivity contribution in [2.75, 3.05) is 14.1 Å². The minimum atomic E-state index is -0.187. The molecule has 0 saturated heterocycles. The molecule has 4 nitrogen and oxygen atoms in total. The minimum Gasteiger partial charge on any atom is -0.342 e. The molecule has 4 heteroatoms. The van der Waals surface area contributed by atoms with Crippen LogP contribution in [0, 0.1) is 6.92 Å². The van der Waals surface area contributed by atoms with Crippen molar-refractivity contribution in [3.63, 3.8) is 0 Å². The van der Waals surface area contributed by atoms with Crippen molar-refractivity contribution < 1.29 is 0 Å². The molecule has 0 saturated carbocycles. The fourth-order valence-electron chi connectivity index (χ4n) is 2.46. The van der Waals surface area contributed by atoms with E-state index >= 15 is 0 Å². The third-order valence-electron chi connectivity index (χ3n) is 3.35. The lowest BCUT2D eigenvalue weighted by molar-refractivity contribution is 0.243. The molecule has 1 unspecified atom stereocenters. The van der Waals surface area contributed by atoms with Crippen molar-refractivity contribution in [2.45, 2.75) is 38.8 Å². The van der Waals surface area contributed by atoms with Crippen LogP contribution in [-0.4, -0.2) is 34.5 Å². The Kier molecular flexibility index (Phi) is 3.65. The van der Waals surface area contributed by atoms with Gasteiger partial charge in [-0.05, 0) is 59.0 Å². The second kappa shape index (κ2) is 4.94. The number of nitrogens with one attached hydrogen (secondary N) is 1. The molecule has 2 aromatic rings. The molecule has 0 spiro atoms. The van der Waals surface area contributed by atoms with Crippen molar-refractivity contribution in [3.8, 4) is 0 Å². The lowest BCUT2D eigenvalue weighted by Crippen LogP contribution is -2.37. The molecule has 1 aromatic carbocycles. The molecule has 0 amide bonds. The average Bonchev–Trinajstić information content (AvgIpc) is 2.63. The van der Waals surface area contributed by atoms with Crippen LogP contribution in [0.2, 0.25) is 0 Å². The molecule has 0 fully saturated rings. The number of rotatable bonds is 4. The highest BCUT2D eigenvalue weighted by molar-refractivity contribution is 5.76. The average molecular weight is 260 g/mol. The molecular formula is C15H24N4. The Morgan fingerprint density at radius 3 is 2.63 bits per heavy atom. The van der Waals surface area contributed by atoms with E-state index in [1.165, 1.54) is 5.56 Å². The van der Waals surface area contributed by atoms with Gasteiger partial charge in [0.15, 0.2) is 0 Å². The van der Waals surface area contributed by atoms with E-state index in [0.717, 1.165) is 23.3 Å². The molecule has 0 bridgehead atoms. The molecule has 1 heterocycles. The van der Waals surface area contributed by atoms with Gasteiger partial charge >= 0.3 is 0 Å². The standard InChI is InChI=1S/C15H24N4/c1-10-17-12-7-6-11(8-13(12)18-10)14(19(4)5)9-15(2,3)16/h6-8,14H,9,16H2,1-5H3,(H,17,18). The lowest BCUT2D eigenvalue weighted by Gasteiger charge is -2.31. The number of benzene rings is 1. The number of aryl methyl sites for hydroxylation is 1. The van der Waals surface area contributed by atoms with Crippen LogP contribution < -0.4 is 5.73 Å². The van der Waals surface area contributed by atoms with Crippen molar-refractivity contribution >= 4 is 11.0 Å². The third-order valence-corrected chi connectivity index (χ3v) is 3.35. The number of nitrogens with two attached hydrogens (primary N) is 1. The summed E-state index contributed by atoms with van der Waals surface area (Å²) < 4.78 is 0. The van der Waals surface area contributed by atoms with Gasteiger partial charge in [-0.2, -0.15) is 0 Å². The zero-order valence-electron chi connectivity index (χ0n) is 12.5. The van der Waals surface area contributed by atoms with Gasteiger partial charge in [-0.25, -0.2) is 4.98 Å². The molecule has 0 aliphatic heterocycles. The van der Waals surface area contributed by atoms with Gasteiger partial charge in [0.1, 0.15) is 5.82 Å². The van der Waals surface area contributed by atoms with E-state index in [1.54, 1.807) is 0 Å². The first kappa shape index (κ1) is 14.0. The maximum atomic E-state index is 6.18. The fourth-order valence-corrected chi connectivity index (χ4v) is 2.46. The first-order valence-electron chi connectivity index (χ1n) is 6.68. The van der Waals surface area contributed by atoms with E-state index in [9.17, 15) is 0 Å². The van der Waals surface area contributed by atoms with Crippen LogP contribution in [-0.2, 0) is 0 Å². The zero-order valence-corrected chi connectivity index (χ0v) is 12.5. The molecule has 0 radical (unpaired) electrons. The predicted octanol–water partition coefficient (Wildman–Crippen LogP) is 2.60. The van der Waals surface area contributed by atoms with Gasteiger partial charge in [0.25, 0.3) is 0 Å². The van der Waals surface area contributed by atoms with Gasteiger partial charge in [-0.1, -0.05) is 6.07 Å². The molecule has 19 heavy (non-hydrogen) atoms. The Bertz CT molecular complexity index is 563. The molecule has 104 valence electrons. The van der Waals surface area contributed by atoms with Gasteiger partial charge in [0.05, 0.1) is 11.0 Å². The maximum Gasteiger partial charge on any atom is 0.104 e. The second-order valence-electron chi connectivity index (χ2n) is 6.27. The van der Waals surface area contributed by atoms with E-state index < -0.39 is 0 Å². The Balaban J connectivity index is 2.38. The molecule has 2 rings (SSSR count). The number of hydrogen-bond acceptors (Lipinski definition) is 3. The zero-order chi connectivity index (χ0) is 14.2. The summed E-state index contributed by atoms with van der Waals surface area (Å²) in [5.41, 5.74) is 9.39. The summed E-state index contributed by atoms with van der Waals surface area (Å²) in [4.78, 5) is 9.96. The smallest absolute Gasteiger partial charge is 0.104 e. The minimum absolute atomic E-state index is 0.187. The molecule has 1 aromatic heterocycles. The van der Waals surface area contributed by atoms with Gasteiger partial charge in [0, 0.05) is 11.6 Å². The Hall–Kier alpha value is -1.39. The number of nitrogens with zero attached hydrogens (tertiary/aromatic N) is 2. The topological polar surface area (TPSA) is 57.9 Å². The first-order valence-corrected chi connectivity index (χ1v) is 6.68. The van der Waals surface area contributed by atoms with Crippen LogP contribution in [0.5, 0.6) is 0 Å². The number of H-pyrrole nitrogens is 1. The van der Waals surface area contributed by atoms with E-state index in [4.69, 9.17) is 5.73 Å². The maximum absolute atomic E-state index is 6.18. The highest BCUT2D eigenvalue weighted by Crippen LogP contribution is 2.28. The summed E-state index contributed by atoms with van der Waals surface area (Å²) >= 11 is 0. The van der Waals surface area contributed by atoms with Gasteiger partial charge < -0.3 is 15.6 Å². The highest BCUT2D eigenvalue weighted by atomic mass is 15.1. The molecule has 1 atom stereocenters. The van der Waals surface area contributed by atoms with E-state index in [-0.39, 0.29) is 5.54 Å². The van der Waals surface area contributed by atoms with E-state index in [2.05, 4.69) is 61.0 Å². The molecule has 0 aliphatic rings. The predicted molar refractivity (Wildman–Crippen MR) is 80.1 cm³/mol. The summed E-state index contributed by atoms with van der Waals surface area (Å²) in [7, 11) is 4.19. The Labute approximate surface area is 115 Å². The summed E-state index contributed by atoms with van der Waals surface area (Å²) in [6.07, 6.45) is 0.915. The summed E-state index contributed by atoms with van der Waals surface area (Å²) in [5.74, 6) is 0.952. The van der Waals surface area contributed by atoms with E-state index in [1.807, 2.05) is 6.92 Å². The van der Waals surface area contributed by atoms with Crippen molar-refractivity contribution in [3.05, 3.63) is 29.6 Å². The van der Waals surface area contributed by atoms with Gasteiger partial charge in [0.2, 0.25) is 0 Å². The quantitative estimate of drug-likeness (QED) is 0.888. The molecule has 0 aliphatic carbocycles. The first-order chi connectivity index (χ1) is 8.76. The SMILES string of the molecule is Cc1nc2ccc(C(CC(C)(C)N)N(C)C)cc2[nH]1. The highest BCUT2D eigenvalue weighted by Gasteiger charge is 2.22. The van der Waals surface area contributed by atoms with Crippen molar-refractivity contribution in [1.82, 2.24) is 14.9 Å². The second-order valence-corrected chi connectivity index (χ2v) is 6.27. The van der Waals surface area contributed by atoms with E-state index in [0.29, 0.717) is 6.04 Å². The monoisotopic (exact) mass is 260 g/mol. The van der Waals surface area contributed by atoms with Crippen LogP contribution in [0.1, 0.15) is 37.7 Å². The fraction of sp³-hybridized carbons (Fsp3) is 0.533. The van der Waals surface area contributed by atoms with Gasteiger partial charge in [-0.3, -0.25) is 0 Å². The Morgan fingerprint density at radius 2 is 2.05 bits per heavy atom. The third kappa shape index (κ3) is 3.33. The summed E-state index contributed by atoms with van der Waals surface area (Å²) in [6, 6.07) is 6.73. The van der Waals surface area contributed by atoms with Crippen LogP contribution in [0.3, 0.4) is 0 Å². The molecule has 3 N–H and O–H groups in total. The van der Waals surface area contributed by atoms with Crippen LogP contribution in [0.25, 0.3) is 11.0 Å². The number of fused-ring (bicyclic) bond motifs is 1. The summed E-state index contributed by atoms with van der Waals surface area (Å²) in [6.45, 7) is 6.12. The van der Waals surface area contributed by atoms with Crippen molar-refractivity contribution in [1.29, 1.82) is 0 Å². The Morgan fingerprint density at radius 1 is 1.37 bits per heavy atom. The normalized spacial score (nSPS) is 14.3. The largest absolute Gasteiger partial charge is 0.342 e.